The number of hydrogen-bond acceptors (Lipinski definition) is 13. The zero-order valence-corrected chi connectivity index (χ0v) is 41.2. The summed E-state index contributed by atoms with van der Waals surface area (Å²) in [6, 6.07) is 9.74. The van der Waals surface area contributed by atoms with Gasteiger partial charge in [-0.05, 0) is 135 Å². The van der Waals surface area contributed by atoms with Crippen molar-refractivity contribution in [3.63, 3.8) is 0 Å². The van der Waals surface area contributed by atoms with Crippen molar-refractivity contribution in [2.45, 2.75) is 176 Å². The van der Waals surface area contributed by atoms with Crippen LogP contribution in [-0.4, -0.2) is 74.2 Å². The predicted molar refractivity (Wildman–Crippen MR) is 246 cm³/mol. The third-order valence-electron chi connectivity index (χ3n) is 16.0. The molecule has 4 fully saturated rings. The maximum absolute atomic E-state index is 13.7. The van der Waals surface area contributed by atoms with Gasteiger partial charge in [0.25, 0.3) is 0 Å². The first-order valence-electron chi connectivity index (χ1n) is 25.1. The molecule has 0 bridgehead atoms. The van der Waals surface area contributed by atoms with E-state index in [1.54, 1.807) is 0 Å². The van der Waals surface area contributed by atoms with Gasteiger partial charge in [0.2, 0.25) is 6.79 Å². The minimum Gasteiger partial charge on any atom is -0.465 e. The molecule has 4 saturated carbocycles. The van der Waals surface area contributed by atoms with Crippen LogP contribution in [0.3, 0.4) is 0 Å². The SMILES string of the molecule is CCCCOC(=O)C(CCC(=O)OCOC(=O)O[C@@H]1CC[C@]2(C)C3C[C@H](O)[C@@]4(C)C(CCC4[C@H](C)CCC(=O)OCc4ccccc4)C3CC[C@@H]2C1)CP(=O)(OCCCC)OCCCC. The van der Waals surface area contributed by atoms with Crippen LogP contribution in [0.2, 0.25) is 0 Å². The number of unbranched alkanes of at least 4 members (excludes halogenated alkanes) is 3. The van der Waals surface area contributed by atoms with Gasteiger partial charge in [0, 0.05) is 12.8 Å². The number of aliphatic hydroxyl groups excluding tert-OH is 1. The number of carbonyl (C=O) groups excluding carboxylic acids is 4. The average molecular weight is 933 g/mol. The third kappa shape index (κ3) is 14.3. The molecular weight excluding hydrogens is 852 g/mol. The van der Waals surface area contributed by atoms with Crippen LogP contribution in [-0.2, 0) is 58.3 Å². The van der Waals surface area contributed by atoms with Gasteiger partial charge in [-0.1, -0.05) is 91.1 Å². The van der Waals surface area contributed by atoms with Gasteiger partial charge < -0.3 is 37.8 Å². The van der Waals surface area contributed by atoms with Crippen molar-refractivity contribution >= 4 is 31.7 Å². The van der Waals surface area contributed by atoms with E-state index in [2.05, 4.69) is 20.8 Å². The molecule has 0 heterocycles. The molecule has 0 aromatic heterocycles. The number of aliphatic hydroxyl groups is 1. The maximum Gasteiger partial charge on any atom is 0.511 e. The second-order valence-corrected chi connectivity index (χ2v) is 22.2. The van der Waals surface area contributed by atoms with Crippen LogP contribution >= 0.6 is 7.60 Å². The smallest absolute Gasteiger partial charge is 0.465 e. The molecule has 0 aliphatic heterocycles. The Bertz CT molecular complexity index is 1690. The van der Waals surface area contributed by atoms with Crippen LogP contribution in [0.5, 0.6) is 0 Å². The number of carbonyl (C=O) groups is 4. The molecule has 4 aliphatic carbocycles. The predicted octanol–water partition coefficient (Wildman–Crippen LogP) is 11.4. The lowest BCUT2D eigenvalue weighted by Crippen LogP contribution is -2.59. The number of hydrogen-bond donors (Lipinski definition) is 1. The molecule has 0 spiro atoms. The van der Waals surface area contributed by atoms with Crippen LogP contribution < -0.4 is 0 Å². The van der Waals surface area contributed by atoms with Gasteiger partial charge in [-0.2, -0.15) is 0 Å². The van der Waals surface area contributed by atoms with Gasteiger partial charge in [0.15, 0.2) is 0 Å². The summed E-state index contributed by atoms with van der Waals surface area (Å²) in [5, 5.41) is 12.1. The molecule has 368 valence electrons. The molecule has 0 saturated heterocycles. The van der Waals surface area contributed by atoms with E-state index in [0.29, 0.717) is 67.6 Å². The van der Waals surface area contributed by atoms with Crippen molar-refractivity contribution in [3.05, 3.63) is 35.9 Å². The Balaban J connectivity index is 1.06. The van der Waals surface area contributed by atoms with Gasteiger partial charge >= 0.3 is 31.7 Å². The molecule has 11 atom stereocenters. The molecule has 5 rings (SSSR count). The molecule has 0 radical (unpaired) electrons. The average Bonchev–Trinajstić information content (AvgIpc) is 3.66. The molecule has 14 heteroatoms. The first kappa shape index (κ1) is 53.0. The number of esters is 3. The molecule has 65 heavy (non-hydrogen) atoms. The number of benzene rings is 1. The van der Waals surface area contributed by atoms with Crippen molar-refractivity contribution < 1.29 is 61.6 Å². The first-order valence-corrected chi connectivity index (χ1v) is 26.8. The zero-order valence-electron chi connectivity index (χ0n) is 40.3. The molecule has 1 aromatic rings. The minimum atomic E-state index is -3.65. The van der Waals surface area contributed by atoms with Crippen LogP contribution in [0.1, 0.15) is 163 Å². The monoisotopic (exact) mass is 933 g/mol. The lowest BCUT2D eigenvalue weighted by molar-refractivity contribution is -0.177. The second-order valence-electron chi connectivity index (χ2n) is 20.1. The summed E-state index contributed by atoms with van der Waals surface area (Å²) >= 11 is 0. The van der Waals surface area contributed by atoms with E-state index >= 15 is 0 Å². The molecule has 13 nitrogen and oxygen atoms in total. The summed E-state index contributed by atoms with van der Waals surface area (Å²) in [6.45, 7) is 13.3. The largest absolute Gasteiger partial charge is 0.511 e. The summed E-state index contributed by atoms with van der Waals surface area (Å²) in [6.07, 6.45) is 11.0. The standard InChI is InChI=1S/C51H81O13P/c1-7-10-28-58-48(55)38(34-65(57,62-29-11-8-2)63-30-12-9-3)19-25-47(54)60-35-61-49(56)64-40-26-27-50(5)39(31-40)20-21-41-43-23-22-42(51(43,6)45(52)32-44(41)50)36(4)18-24-46(53)59-33-37-16-14-13-15-17-37/h13-17,36,38-45,52H,7-12,18-35H2,1-6H3/t36-,38?,39-,40-,41?,42?,43?,44?,45+,50+,51-/m1/s1. The second kappa shape index (κ2) is 25.4. The highest BCUT2D eigenvalue weighted by molar-refractivity contribution is 7.53. The Kier molecular flexibility index (Phi) is 20.7. The fraction of sp³-hybridized carbons (Fsp3) is 0.804. The third-order valence-corrected chi connectivity index (χ3v) is 18.0. The van der Waals surface area contributed by atoms with Crippen LogP contribution in [0, 0.1) is 52.3 Å². The van der Waals surface area contributed by atoms with Crippen molar-refractivity contribution in [2.75, 3.05) is 32.8 Å². The highest BCUT2D eigenvalue weighted by Crippen LogP contribution is 2.68. The number of fused-ring (bicyclic) bond motifs is 5. The van der Waals surface area contributed by atoms with Crippen LogP contribution in [0.25, 0.3) is 0 Å². The first-order chi connectivity index (χ1) is 31.2. The highest BCUT2D eigenvalue weighted by Gasteiger charge is 2.64. The van der Waals surface area contributed by atoms with Crippen molar-refractivity contribution in [2.24, 2.45) is 52.3 Å². The van der Waals surface area contributed by atoms with Gasteiger partial charge in [-0.15, -0.1) is 0 Å². The summed E-state index contributed by atoms with van der Waals surface area (Å²) in [7, 11) is -3.65. The van der Waals surface area contributed by atoms with E-state index in [0.717, 1.165) is 76.2 Å². The lowest BCUT2D eigenvalue weighted by Gasteiger charge is -2.62. The maximum atomic E-state index is 13.7. The minimum absolute atomic E-state index is 0.00121. The van der Waals surface area contributed by atoms with Gasteiger partial charge in [0.05, 0.1) is 38.0 Å². The lowest BCUT2D eigenvalue weighted by atomic mass is 9.43. The topological polar surface area (TPSA) is 170 Å². The Morgan fingerprint density at radius 3 is 2.12 bits per heavy atom. The fourth-order valence-electron chi connectivity index (χ4n) is 12.1. The molecule has 1 N–H and O–H groups in total. The summed E-state index contributed by atoms with van der Waals surface area (Å²) < 4.78 is 52.4. The van der Waals surface area contributed by atoms with E-state index < -0.39 is 44.5 Å². The van der Waals surface area contributed by atoms with E-state index in [1.165, 1.54) is 0 Å². The molecule has 4 aliphatic rings. The Hall–Kier alpha value is -2.99. The Morgan fingerprint density at radius 2 is 1.43 bits per heavy atom. The fourth-order valence-corrected chi connectivity index (χ4v) is 14.1. The van der Waals surface area contributed by atoms with Gasteiger partial charge in [-0.25, -0.2) is 4.79 Å². The molecule has 5 unspecified atom stereocenters. The van der Waals surface area contributed by atoms with Crippen LogP contribution in [0.15, 0.2) is 30.3 Å². The Morgan fingerprint density at radius 1 is 0.769 bits per heavy atom. The summed E-state index contributed by atoms with van der Waals surface area (Å²) in [5.74, 6) is -0.00875. The van der Waals surface area contributed by atoms with E-state index in [9.17, 15) is 28.8 Å². The number of ether oxygens (including phenoxy) is 5. The van der Waals surface area contributed by atoms with Gasteiger partial charge in [-0.3, -0.25) is 18.9 Å². The normalized spacial score (nSPS) is 29.3. The summed E-state index contributed by atoms with van der Waals surface area (Å²) in [4.78, 5) is 51.5. The quantitative estimate of drug-likeness (QED) is 0.0306. The van der Waals surface area contributed by atoms with Crippen LogP contribution in [0.4, 0.5) is 4.79 Å². The molecule has 1 aromatic carbocycles. The van der Waals surface area contributed by atoms with E-state index in [1.807, 2.05) is 51.1 Å². The highest BCUT2D eigenvalue weighted by atomic mass is 31.2. The molecular formula is C51H81O13P. The molecule has 0 amide bonds. The van der Waals surface area contributed by atoms with E-state index in [4.69, 9.17) is 32.7 Å². The van der Waals surface area contributed by atoms with E-state index in [-0.39, 0.29) is 68.3 Å². The summed E-state index contributed by atoms with van der Waals surface area (Å²) in [5.41, 5.74) is 0.811. The van der Waals surface area contributed by atoms with Crippen molar-refractivity contribution in [1.29, 1.82) is 0 Å². The Labute approximate surface area is 389 Å². The number of rotatable bonds is 26. The van der Waals surface area contributed by atoms with Gasteiger partial charge in [0.1, 0.15) is 12.7 Å². The van der Waals surface area contributed by atoms with Crippen molar-refractivity contribution in [1.82, 2.24) is 0 Å². The van der Waals surface area contributed by atoms with Crippen molar-refractivity contribution in [3.8, 4) is 0 Å². The zero-order chi connectivity index (χ0) is 47.0.